The lowest BCUT2D eigenvalue weighted by Gasteiger charge is -2.35. The van der Waals surface area contributed by atoms with E-state index < -0.39 is 55.6 Å². The van der Waals surface area contributed by atoms with Gasteiger partial charge in [-0.15, -0.1) is 12.4 Å². The van der Waals surface area contributed by atoms with E-state index in [-0.39, 0.29) is 53.6 Å². The molecular formula is C39H38ClF6N15O5. The quantitative estimate of drug-likeness (QED) is 0.0812. The number of hydrogen-bond donors (Lipinski definition) is 6. The highest BCUT2D eigenvalue weighted by atomic mass is 35.5. The molecule has 10 heterocycles. The number of aromatic nitrogens is 8. The van der Waals surface area contributed by atoms with Gasteiger partial charge >= 0.3 is 30.4 Å². The van der Waals surface area contributed by atoms with Crippen LogP contribution in [0.5, 0.6) is 0 Å². The number of carbonyl (C=O) groups is 4. The maximum Gasteiger partial charge on any atom is 0.400 e. The number of carboxylic acid groups (broad SMARTS) is 1. The molecule has 4 bridgehead atoms. The first kappa shape index (κ1) is 46.6. The van der Waals surface area contributed by atoms with Gasteiger partial charge < -0.3 is 30.6 Å². The summed E-state index contributed by atoms with van der Waals surface area (Å²) < 4.78 is 69.5. The van der Waals surface area contributed by atoms with Crippen LogP contribution in [0.2, 0.25) is 0 Å². The first-order valence-corrected chi connectivity index (χ1v) is 19.9. The van der Waals surface area contributed by atoms with E-state index in [0.29, 0.717) is 48.6 Å². The SMILES string of the molecule is Cl.NCC(F)(F)F.O=C(CCC(F)(F)F)c1ccc2c(n1)N(C(=O)Nc1ncc3[nH]ccc3n1)[C@H]1CCN2C1.O=C(O)c1ccc2c(n1)N(C(=O)Nc1ncc3[nH]ccc3n1)[C@H]1CCN2C1. The van der Waals surface area contributed by atoms with Gasteiger partial charge in [-0.3, -0.25) is 25.2 Å². The van der Waals surface area contributed by atoms with Crippen LogP contribution in [0.3, 0.4) is 0 Å². The number of carboxylic acids is 1. The normalized spacial score (nSPS) is 16.9. The number of carbonyl (C=O) groups excluding carboxylic acids is 3. The van der Waals surface area contributed by atoms with Gasteiger partial charge in [0, 0.05) is 45.0 Å². The molecule has 0 saturated carbocycles. The second-order valence-electron chi connectivity index (χ2n) is 15.1. The zero-order valence-corrected chi connectivity index (χ0v) is 34.9. The third kappa shape index (κ3) is 10.1. The van der Waals surface area contributed by atoms with Gasteiger partial charge in [0.25, 0.3) is 0 Å². The predicted molar refractivity (Wildman–Crippen MR) is 229 cm³/mol. The Labute approximate surface area is 374 Å². The van der Waals surface area contributed by atoms with Crippen LogP contribution in [-0.2, 0) is 0 Å². The molecule has 4 amide bonds. The Bertz CT molecular complexity index is 2790. The molecule has 0 aromatic carbocycles. The van der Waals surface area contributed by atoms with Gasteiger partial charge in [0.15, 0.2) is 23.1 Å². The monoisotopic (exact) mass is 945 g/mol. The topological polar surface area (TPSA) is 260 Å². The molecule has 20 nitrogen and oxygen atoms in total. The van der Waals surface area contributed by atoms with E-state index in [1.165, 1.54) is 21.9 Å². The maximum atomic E-state index is 13.2. The van der Waals surface area contributed by atoms with Crippen molar-refractivity contribution >= 4 is 93.2 Å². The molecule has 2 fully saturated rings. The van der Waals surface area contributed by atoms with E-state index in [1.807, 2.05) is 4.90 Å². The number of alkyl halides is 6. The van der Waals surface area contributed by atoms with Crippen LogP contribution in [0.4, 0.5) is 70.8 Å². The zero-order valence-electron chi connectivity index (χ0n) is 34.1. The average Bonchev–Trinajstić information content (AvgIpc) is 4.10. The third-order valence-electron chi connectivity index (χ3n) is 10.7. The molecule has 0 radical (unpaired) electrons. The first-order chi connectivity index (χ1) is 30.9. The number of rotatable bonds is 6. The number of nitrogens with two attached hydrogens (primary N) is 1. The summed E-state index contributed by atoms with van der Waals surface area (Å²) in [6.07, 6.45) is -2.45. The number of anilines is 6. The maximum absolute atomic E-state index is 13.2. The summed E-state index contributed by atoms with van der Waals surface area (Å²) in [6, 6.07) is 8.54. The smallest absolute Gasteiger partial charge is 0.400 e. The Balaban J connectivity index is 0.000000174. The van der Waals surface area contributed by atoms with E-state index in [4.69, 9.17) is 0 Å². The summed E-state index contributed by atoms with van der Waals surface area (Å²) in [5.41, 5.74) is 8.22. The number of amides is 4. The molecule has 2 saturated heterocycles. The highest BCUT2D eigenvalue weighted by Gasteiger charge is 2.42. The summed E-state index contributed by atoms with van der Waals surface area (Å²) in [4.78, 5) is 88.3. The van der Waals surface area contributed by atoms with Crippen molar-refractivity contribution in [2.24, 2.45) is 5.73 Å². The molecule has 10 rings (SSSR count). The standard InChI is InChI=1S/C20H18F3N7O2.C17H15N7O3.C2H4F3N.ClH/c21-20(22,23)6-3-16(31)13-1-2-15-17(26-13)30(11-5-8-29(15)10-11)19(32)28-18-25-9-14-12(27-18)4-7-24-14;25-15(26)11-1-2-13-14(20-11)24(9-4-6-23(13)8-9)17(27)22-16-19-7-12-10(21-16)3-5-18-12;3-2(4,5)1-6;/h1-2,4,7,9,11,24H,3,5-6,8,10H2,(H,25,27,28,32);1-3,5,7,9,18H,4,6,8H2,(H,25,26)(H,19,21,22,27);1,6H2;1H/t11-;9-;;/m00../s1. The number of fused-ring (bicyclic) bond motifs is 10. The molecule has 0 aliphatic carbocycles. The number of halogens is 7. The molecule has 66 heavy (non-hydrogen) atoms. The van der Waals surface area contributed by atoms with E-state index >= 15 is 0 Å². The molecule has 6 aromatic heterocycles. The van der Waals surface area contributed by atoms with E-state index in [9.17, 15) is 50.6 Å². The van der Waals surface area contributed by atoms with Crippen molar-refractivity contribution in [2.45, 2.75) is 50.1 Å². The number of H-pyrrole nitrogens is 2. The second-order valence-corrected chi connectivity index (χ2v) is 15.1. The van der Waals surface area contributed by atoms with Gasteiger partial charge in [-0.1, -0.05) is 0 Å². The highest BCUT2D eigenvalue weighted by Crippen LogP contribution is 2.41. The molecule has 6 aromatic rings. The van der Waals surface area contributed by atoms with Crippen molar-refractivity contribution in [2.75, 3.05) is 63.0 Å². The van der Waals surface area contributed by atoms with Crippen LogP contribution >= 0.6 is 12.4 Å². The summed E-state index contributed by atoms with van der Waals surface area (Å²) in [5.74, 6) is -0.961. The number of Topliss-reactive ketones (excluding diaryl/α,β-unsaturated/α-hetero) is 1. The van der Waals surface area contributed by atoms with Crippen LogP contribution in [0, 0.1) is 0 Å². The van der Waals surface area contributed by atoms with Crippen molar-refractivity contribution in [3.8, 4) is 0 Å². The van der Waals surface area contributed by atoms with Crippen molar-refractivity contribution < 1.29 is 50.6 Å². The molecule has 2 atom stereocenters. The third-order valence-corrected chi connectivity index (χ3v) is 10.7. The van der Waals surface area contributed by atoms with Crippen LogP contribution < -0.4 is 36.0 Å². The minimum absolute atomic E-state index is 0. The zero-order chi connectivity index (χ0) is 46.2. The number of urea groups is 2. The lowest BCUT2D eigenvalue weighted by molar-refractivity contribution is -0.133. The van der Waals surface area contributed by atoms with Crippen LogP contribution in [0.25, 0.3) is 22.1 Å². The van der Waals surface area contributed by atoms with Crippen LogP contribution in [-0.4, -0.2) is 126 Å². The number of pyridine rings is 2. The van der Waals surface area contributed by atoms with E-state index in [2.05, 4.69) is 61.1 Å². The largest absolute Gasteiger partial charge is 0.477 e. The molecule has 27 heteroatoms. The van der Waals surface area contributed by atoms with Crippen molar-refractivity contribution in [3.05, 3.63) is 72.6 Å². The molecule has 4 aliphatic heterocycles. The average molecular weight is 946 g/mol. The van der Waals surface area contributed by atoms with Gasteiger partial charge in [0.1, 0.15) is 5.69 Å². The Morgan fingerprint density at radius 3 is 1.59 bits per heavy atom. The molecule has 7 N–H and O–H groups in total. The lowest BCUT2D eigenvalue weighted by Crippen LogP contribution is -2.48. The summed E-state index contributed by atoms with van der Waals surface area (Å²) >= 11 is 0. The molecule has 0 spiro atoms. The predicted octanol–water partition coefficient (Wildman–Crippen LogP) is 6.12. The summed E-state index contributed by atoms with van der Waals surface area (Å²) in [5, 5.41) is 14.6. The van der Waals surface area contributed by atoms with E-state index in [0.717, 1.165) is 29.7 Å². The fraction of sp³-hybridized carbons (Fsp3) is 0.333. The second kappa shape index (κ2) is 18.6. The molecular weight excluding hydrogens is 908 g/mol. The lowest BCUT2D eigenvalue weighted by atomic mass is 10.1. The summed E-state index contributed by atoms with van der Waals surface area (Å²) in [6.45, 7) is 1.55. The van der Waals surface area contributed by atoms with Crippen molar-refractivity contribution in [1.29, 1.82) is 0 Å². The number of aromatic carboxylic acids is 1. The molecule has 348 valence electrons. The van der Waals surface area contributed by atoms with Crippen LogP contribution in [0.1, 0.15) is 46.7 Å². The Kier molecular flexibility index (Phi) is 13.2. The molecule has 4 aliphatic rings. The van der Waals surface area contributed by atoms with Crippen LogP contribution in [0.15, 0.2) is 61.2 Å². The van der Waals surface area contributed by atoms with Crippen molar-refractivity contribution in [1.82, 2.24) is 39.9 Å². The van der Waals surface area contributed by atoms with E-state index in [1.54, 1.807) is 49.1 Å². The number of hydrogen-bond acceptors (Lipinski definition) is 13. The number of nitrogens with one attached hydrogen (secondary N) is 4. The Morgan fingerprint density at radius 2 is 1.15 bits per heavy atom. The highest BCUT2D eigenvalue weighted by molar-refractivity contribution is 6.06. The van der Waals surface area contributed by atoms with Gasteiger partial charge in [0.2, 0.25) is 11.9 Å². The van der Waals surface area contributed by atoms with Gasteiger partial charge in [-0.05, 0) is 49.2 Å². The Morgan fingerprint density at radius 1 is 0.697 bits per heavy atom. The fourth-order valence-corrected chi connectivity index (χ4v) is 7.72. The van der Waals surface area contributed by atoms with Crippen molar-refractivity contribution in [3.63, 3.8) is 0 Å². The number of ketones is 1. The minimum Gasteiger partial charge on any atom is -0.477 e. The number of aromatic amines is 2. The number of nitrogens with zero attached hydrogens (tertiary/aromatic N) is 10. The molecule has 0 unspecified atom stereocenters. The van der Waals surface area contributed by atoms with Gasteiger partial charge in [-0.25, -0.2) is 44.3 Å². The van der Waals surface area contributed by atoms with Gasteiger partial charge in [0.05, 0.1) is 70.9 Å². The summed E-state index contributed by atoms with van der Waals surface area (Å²) in [7, 11) is 0. The first-order valence-electron chi connectivity index (χ1n) is 19.9. The Hall–Kier alpha value is -7.35. The fourth-order valence-electron chi connectivity index (χ4n) is 7.72. The minimum atomic E-state index is -4.43. The van der Waals surface area contributed by atoms with Gasteiger partial charge in [-0.2, -0.15) is 26.3 Å².